The maximum absolute atomic E-state index is 13.1. The van der Waals surface area contributed by atoms with Crippen LogP contribution in [0, 0.1) is 5.82 Å². The molecule has 0 spiro atoms. The minimum absolute atomic E-state index is 0.187. The molecule has 1 unspecified atom stereocenters. The highest BCUT2D eigenvalue weighted by atomic mass is 32.2. The number of benzene rings is 2. The highest BCUT2D eigenvalue weighted by Crippen LogP contribution is 2.29. The Morgan fingerprint density at radius 3 is 2.50 bits per heavy atom. The van der Waals surface area contributed by atoms with Crippen molar-refractivity contribution in [3.05, 3.63) is 82.3 Å². The third kappa shape index (κ3) is 4.08. The average molecular weight is 431 g/mol. The summed E-state index contributed by atoms with van der Waals surface area (Å²) in [6.45, 7) is 0.676. The molecule has 0 N–H and O–H groups in total. The Balaban J connectivity index is 1.61. The van der Waals surface area contributed by atoms with Gasteiger partial charge in [-0.15, -0.1) is 0 Å². The van der Waals surface area contributed by atoms with E-state index >= 15 is 0 Å². The Kier molecular flexibility index (Phi) is 5.57. The molecule has 0 amide bonds. The lowest BCUT2D eigenvalue weighted by Gasteiger charge is -2.31. The van der Waals surface area contributed by atoms with Crippen LogP contribution in [0.3, 0.4) is 0 Å². The van der Waals surface area contributed by atoms with Crippen molar-refractivity contribution in [1.82, 2.24) is 18.7 Å². The SMILES string of the molecule is Cn1nc(C2CCCN(S(=O)(=O)Cc3ccc(F)cc3)C2)n(-c2ccccc2)c1=O. The van der Waals surface area contributed by atoms with Crippen molar-refractivity contribution < 1.29 is 12.8 Å². The summed E-state index contributed by atoms with van der Waals surface area (Å²) in [5, 5.41) is 4.42. The van der Waals surface area contributed by atoms with E-state index in [4.69, 9.17) is 0 Å². The Labute approximate surface area is 174 Å². The first kappa shape index (κ1) is 20.5. The zero-order chi connectivity index (χ0) is 21.3. The molecule has 1 aliphatic rings. The lowest BCUT2D eigenvalue weighted by molar-refractivity contribution is 0.306. The quantitative estimate of drug-likeness (QED) is 0.623. The molecule has 9 heteroatoms. The lowest BCUT2D eigenvalue weighted by Crippen LogP contribution is -2.40. The van der Waals surface area contributed by atoms with Crippen LogP contribution in [0.15, 0.2) is 59.4 Å². The van der Waals surface area contributed by atoms with Crippen molar-refractivity contribution in [3.63, 3.8) is 0 Å². The molecule has 1 atom stereocenters. The van der Waals surface area contributed by atoms with Gasteiger partial charge in [0.1, 0.15) is 11.6 Å². The monoisotopic (exact) mass is 430 g/mol. The van der Waals surface area contributed by atoms with Crippen molar-refractivity contribution in [2.24, 2.45) is 7.05 Å². The Morgan fingerprint density at radius 2 is 1.80 bits per heavy atom. The summed E-state index contributed by atoms with van der Waals surface area (Å²) >= 11 is 0. The van der Waals surface area contributed by atoms with E-state index in [-0.39, 0.29) is 23.9 Å². The second kappa shape index (κ2) is 8.16. The first-order valence-electron chi connectivity index (χ1n) is 9.79. The molecule has 4 rings (SSSR count). The largest absolute Gasteiger partial charge is 0.350 e. The number of aryl methyl sites for hydroxylation is 1. The molecule has 0 bridgehead atoms. The second-order valence-corrected chi connectivity index (χ2v) is 9.48. The van der Waals surface area contributed by atoms with E-state index in [1.165, 1.54) is 33.3 Å². The number of hydrogen-bond donors (Lipinski definition) is 0. The fraction of sp³-hybridized carbons (Fsp3) is 0.333. The van der Waals surface area contributed by atoms with Gasteiger partial charge in [0.05, 0.1) is 11.4 Å². The molecule has 0 radical (unpaired) electrons. The number of para-hydroxylation sites is 1. The van der Waals surface area contributed by atoms with E-state index in [1.807, 2.05) is 30.3 Å². The van der Waals surface area contributed by atoms with Crippen LogP contribution in [0.25, 0.3) is 5.69 Å². The topological polar surface area (TPSA) is 77.2 Å². The molecule has 1 aromatic heterocycles. The summed E-state index contributed by atoms with van der Waals surface area (Å²) in [6, 6.07) is 14.7. The normalized spacial score (nSPS) is 17.9. The third-order valence-corrected chi connectivity index (χ3v) is 7.19. The fourth-order valence-corrected chi connectivity index (χ4v) is 5.47. The van der Waals surface area contributed by atoms with Gasteiger partial charge in [0.2, 0.25) is 10.0 Å². The van der Waals surface area contributed by atoms with Gasteiger partial charge >= 0.3 is 5.69 Å². The predicted molar refractivity (Wildman–Crippen MR) is 111 cm³/mol. The van der Waals surface area contributed by atoms with Crippen LogP contribution in [0.5, 0.6) is 0 Å². The van der Waals surface area contributed by atoms with Crippen LogP contribution in [0.2, 0.25) is 0 Å². The van der Waals surface area contributed by atoms with Crippen LogP contribution in [-0.2, 0) is 22.8 Å². The van der Waals surface area contributed by atoms with Gasteiger partial charge < -0.3 is 0 Å². The molecule has 1 aliphatic heterocycles. The summed E-state index contributed by atoms with van der Waals surface area (Å²) in [4.78, 5) is 12.7. The van der Waals surface area contributed by atoms with E-state index in [0.717, 1.165) is 6.42 Å². The van der Waals surface area contributed by atoms with Crippen LogP contribution >= 0.6 is 0 Å². The molecule has 2 heterocycles. The van der Waals surface area contributed by atoms with Gasteiger partial charge in [-0.1, -0.05) is 30.3 Å². The number of sulfonamides is 1. The summed E-state index contributed by atoms with van der Waals surface area (Å²) < 4.78 is 43.4. The maximum atomic E-state index is 13.1. The molecule has 2 aromatic carbocycles. The molecule has 3 aromatic rings. The maximum Gasteiger partial charge on any atom is 0.350 e. The van der Waals surface area contributed by atoms with E-state index in [9.17, 15) is 17.6 Å². The van der Waals surface area contributed by atoms with Crippen molar-refractivity contribution >= 4 is 10.0 Å². The number of hydrogen-bond acceptors (Lipinski definition) is 4. The van der Waals surface area contributed by atoms with E-state index in [1.54, 1.807) is 11.6 Å². The minimum Gasteiger partial charge on any atom is -0.247 e. The number of aromatic nitrogens is 3. The number of nitrogens with zero attached hydrogens (tertiary/aromatic N) is 4. The number of piperidine rings is 1. The second-order valence-electron chi connectivity index (χ2n) is 7.52. The van der Waals surface area contributed by atoms with Gasteiger partial charge in [-0.05, 0) is 42.7 Å². The van der Waals surface area contributed by atoms with Crippen molar-refractivity contribution in [2.45, 2.75) is 24.5 Å². The van der Waals surface area contributed by atoms with Crippen LogP contribution in [-0.4, -0.2) is 40.2 Å². The van der Waals surface area contributed by atoms with Crippen molar-refractivity contribution in [1.29, 1.82) is 0 Å². The summed E-state index contributed by atoms with van der Waals surface area (Å²) in [7, 11) is -1.99. The first-order valence-corrected chi connectivity index (χ1v) is 11.4. The fourth-order valence-electron chi connectivity index (χ4n) is 3.86. The predicted octanol–water partition coefficient (Wildman–Crippen LogP) is 2.42. The molecule has 0 saturated carbocycles. The van der Waals surface area contributed by atoms with Gasteiger partial charge in [-0.25, -0.2) is 31.2 Å². The summed E-state index contributed by atoms with van der Waals surface area (Å²) in [5.74, 6) is -0.220. The summed E-state index contributed by atoms with van der Waals surface area (Å²) in [6.07, 6.45) is 1.42. The van der Waals surface area contributed by atoms with E-state index in [2.05, 4.69) is 5.10 Å². The van der Waals surface area contributed by atoms with Gasteiger partial charge in [-0.2, -0.15) is 5.10 Å². The Hall–Kier alpha value is -2.78. The Morgan fingerprint density at radius 1 is 1.10 bits per heavy atom. The van der Waals surface area contributed by atoms with Gasteiger partial charge in [0, 0.05) is 26.1 Å². The first-order chi connectivity index (χ1) is 14.3. The molecular formula is C21H23FN4O3S. The van der Waals surface area contributed by atoms with Gasteiger partial charge in [0.25, 0.3) is 0 Å². The molecule has 7 nitrogen and oxygen atoms in total. The average Bonchev–Trinajstić information content (AvgIpc) is 3.05. The van der Waals surface area contributed by atoms with Crippen molar-refractivity contribution in [2.75, 3.05) is 13.1 Å². The van der Waals surface area contributed by atoms with Crippen molar-refractivity contribution in [3.8, 4) is 5.69 Å². The lowest BCUT2D eigenvalue weighted by atomic mass is 9.98. The Bertz CT molecular complexity index is 1190. The summed E-state index contributed by atoms with van der Waals surface area (Å²) in [5.41, 5.74) is 0.983. The van der Waals surface area contributed by atoms with Crippen LogP contribution in [0.1, 0.15) is 30.1 Å². The van der Waals surface area contributed by atoms with E-state index in [0.29, 0.717) is 30.0 Å². The molecular weight excluding hydrogens is 407 g/mol. The number of rotatable bonds is 5. The van der Waals surface area contributed by atoms with E-state index < -0.39 is 15.8 Å². The van der Waals surface area contributed by atoms with Crippen LogP contribution in [0.4, 0.5) is 4.39 Å². The standard InChI is InChI=1S/C21H23FN4O3S/c1-24-21(27)26(19-7-3-2-4-8-19)20(23-24)17-6-5-13-25(14-17)30(28,29)15-16-9-11-18(22)12-10-16/h2-4,7-12,17H,5-6,13-15H2,1H3. The highest BCUT2D eigenvalue weighted by molar-refractivity contribution is 7.88. The zero-order valence-corrected chi connectivity index (χ0v) is 17.4. The molecule has 1 fully saturated rings. The highest BCUT2D eigenvalue weighted by Gasteiger charge is 2.33. The van der Waals surface area contributed by atoms with Gasteiger partial charge in [0.15, 0.2) is 0 Å². The molecule has 158 valence electrons. The molecule has 0 aliphatic carbocycles. The zero-order valence-electron chi connectivity index (χ0n) is 16.6. The third-order valence-electron chi connectivity index (χ3n) is 5.37. The molecule has 30 heavy (non-hydrogen) atoms. The van der Waals surface area contributed by atoms with Gasteiger partial charge in [-0.3, -0.25) is 0 Å². The number of halogens is 1. The minimum atomic E-state index is -3.58. The molecule has 1 saturated heterocycles. The smallest absolute Gasteiger partial charge is 0.247 e. The van der Waals surface area contributed by atoms with Crippen LogP contribution < -0.4 is 5.69 Å².